The zero-order chi connectivity index (χ0) is 7.28. The molecule has 1 amide bonds. The van der Waals surface area contributed by atoms with Crippen LogP contribution in [0, 0.1) is 6.92 Å². The summed E-state index contributed by atoms with van der Waals surface area (Å²) in [5, 5.41) is 3.24. The van der Waals surface area contributed by atoms with Crippen LogP contribution < -0.4 is 0 Å². The number of rotatable bonds is 3. The van der Waals surface area contributed by atoms with Crippen molar-refractivity contribution in [3.63, 3.8) is 0 Å². The molecule has 0 aliphatic carbocycles. The third kappa shape index (κ3) is 11.0. The Morgan fingerprint density at radius 3 is 2.30 bits per heavy atom. The Morgan fingerprint density at radius 2 is 2.00 bits per heavy atom. The van der Waals surface area contributed by atoms with Gasteiger partial charge in [0.25, 0.3) is 0 Å². The van der Waals surface area contributed by atoms with E-state index in [1.807, 2.05) is 0 Å². The molecule has 0 saturated heterocycles. The van der Waals surface area contributed by atoms with Crippen LogP contribution in [-0.2, 0) is 37.5 Å². The fraction of sp³-hybridized carbons (Fsp3) is 0.400. The Bertz CT molecular complexity index is 115. The molecular weight excluding hydrogens is 206 g/mol. The second-order valence-corrected chi connectivity index (χ2v) is 1.51. The Morgan fingerprint density at radius 1 is 1.50 bits per heavy atom. The van der Waals surface area contributed by atoms with Crippen LogP contribution in [0.25, 0.3) is 5.32 Å². The molecule has 0 rings (SSSR count). The van der Waals surface area contributed by atoms with Gasteiger partial charge >= 0.3 is 0 Å². The number of carbonyl (C=O) groups is 2. The molecular formula is C5H6BNO2Y-2. The molecule has 0 aromatic heterocycles. The van der Waals surface area contributed by atoms with Crippen molar-refractivity contribution >= 4 is 19.4 Å². The summed E-state index contributed by atoms with van der Waals surface area (Å²) >= 11 is 0. The van der Waals surface area contributed by atoms with Crippen molar-refractivity contribution in [2.45, 2.75) is 6.42 Å². The average Bonchev–Trinajstić information content (AvgIpc) is 1.63. The third-order valence-electron chi connectivity index (χ3n) is 0.658. The van der Waals surface area contributed by atoms with Crippen LogP contribution in [0.1, 0.15) is 6.42 Å². The summed E-state index contributed by atoms with van der Waals surface area (Å²) in [6.07, 6.45) is 0.183. The van der Waals surface area contributed by atoms with E-state index in [-0.39, 0.29) is 51.5 Å². The minimum atomic E-state index is -0.740. The van der Waals surface area contributed by atoms with Gasteiger partial charge in [-0.3, -0.25) is 0 Å². The first kappa shape index (κ1) is 12.8. The topological polar surface area (TPSA) is 48.2 Å². The molecule has 51 valence electrons. The van der Waals surface area contributed by atoms with Crippen molar-refractivity contribution in [2.75, 3.05) is 6.54 Å². The van der Waals surface area contributed by atoms with Crippen molar-refractivity contribution in [3.05, 3.63) is 12.2 Å². The molecule has 0 spiro atoms. The van der Waals surface area contributed by atoms with Gasteiger partial charge in [-0.25, -0.2) is 0 Å². The van der Waals surface area contributed by atoms with Gasteiger partial charge in [-0.1, -0.05) is 0 Å². The van der Waals surface area contributed by atoms with Crippen LogP contribution in [0.15, 0.2) is 0 Å². The molecule has 3 nitrogen and oxygen atoms in total. The minimum absolute atomic E-state index is 0. The number of ketones is 1. The van der Waals surface area contributed by atoms with E-state index in [9.17, 15) is 9.59 Å². The van der Waals surface area contributed by atoms with Gasteiger partial charge in [-0.15, -0.1) is 6.54 Å². The molecule has 0 unspecified atom stereocenters. The smallest absolute Gasteiger partial charge is 0.139 e. The van der Waals surface area contributed by atoms with E-state index in [1.54, 1.807) is 0 Å². The van der Waals surface area contributed by atoms with Crippen LogP contribution >= 0.6 is 0 Å². The fourth-order valence-electron chi connectivity index (χ4n) is 0.291. The summed E-state index contributed by atoms with van der Waals surface area (Å²) in [7, 11) is 4.64. The van der Waals surface area contributed by atoms with Crippen molar-refractivity contribution < 1.29 is 42.3 Å². The van der Waals surface area contributed by atoms with Crippen LogP contribution in [0.2, 0.25) is 0 Å². The molecule has 0 saturated carbocycles. The average molecular weight is 212 g/mol. The number of carbonyl (C=O) groups excluding carboxylic acids is 2. The first-order chi connectivity index (χ1) is 4.13. The van der Waals surface area contributed by atoms with Gasteiger partial charge in [0, 0.05) is 32.7 Å². The molecule has 10 heavy (non-hydrogen) atoms. The van der Waals surface area contributed by atoms with Gasteiger partial charge in [0.1, 0.15) is 7.85 Å². The second kappa shape index (κ2) is 7.29. The summed E-state index contributed by atoms with van der Waals surface area (Å²) in [5.41, 5.74) is 0. The first-order valence-corrected chi connectivity index (χ1v) is 2.44. The molecule has 0 aromatic carbocycles. The second-order valence-electron chi connectivity index (χ2n) is 1.51. The Balaban J connectivity index is 0. The summed E-state index contributed by atoms with van der Waals surface area (Å²) in [6.45, 7) is 3.23. The van der Waals surface area contributed by atoms with E-state index in [1.165, 1.54) is 0 Å². The molecule has 0 heterocycles. The monoisotopic (exact) mass is 212 g/mol. The largest absolute Gasteiger partial charge is 0.663 e. The van der Waals surface area contributed by atoms with E-state index in [4.69, 9.17) is 0 Å². The number of Topliss-reactive ketones (excluding diaryl/α,β-unsaturated/α-hetero) is 1. The van der Waals surface area contributed by atoms with Crippen LogP contribution in [0.3, 0.4) is 0 Å². The predicted octanol–water partition coefficient (Wildman–Crippen LogP) is 0.439. The quantitative estimate of drug-likeness (QED) is 0.503. The third-order valence-corrected chi connectivity index (χ3v) is 0.658. The normalized spacial score (nSPS) is 7.60. The first-order valence-electron chi connectivity index (χ1n) is 2.44. The number of hydrogen-bond acceptors (Lipinski definition) is 2. The van der Waals surface area contributed by atoms with Crippen LogP contribution in [0.5, 0.6) is 0 Å². The van der Waals surface area contributed by atoms with Crippen LogP contribution in [0.4, 0.5) is 4.79 Å². The number of hydrogen-bond donors (Lipinski definition) is 0. The zero-order valence-electron chi connectivity index (χ0n) is 5.54. The van der Waals surface area contributed by atoms with Crippen molar-refractivity contribution in [2.24, 2.45) is 0 Å². The van der Waals surface area contributed by atoms with Crippen molar-refractivity contribution in [1.82, 2.24) is 0 Å². The molecule has 0 aliphatic heterocycles. The van der Waals surface area contributed by atoms with E-state index >= 15 is 0 Å². The van der Waals surface area contributed by atoms with Gasteiger partial charge in [0.2, 0.25) is 0 Å². The Labute approximate surface area is 86.6 Å². The summed E-state index contributed by atoms with van der Waals surface area (Å²) < 4.78 is 0. The van der Waals surface area contributed by atoms with E-state index in [0.717, 1.165) is 0 Å². The van der Waals surface area contributed by atoms with E-state index in [2.05, 4.69) is 20.1 Å². The van der Waals surface area contributed by atoms with E-state index < -0.39 is 5.81 Å². The van der Waals surface area contributed by atoms with Crippen molar-refractivity contribution in [1.29, 1.82) is 0 Å². The molecule has 0 bridgehead atoms. The van der Waals surface area contributed by atoms with Crippen molar-refractivity contribution in [3.8, 4) is 0 Å². The maximum absolute atomic E-state index is 10.1. The van der Waals surface area contributed by atoms with Gasteiger partial charge in [-0.05, 0) is 18.0 Å². The zero-order valence-corrected chi connectivity index (χ0v) is 8.38. The fourth-order valence-corrected chi connectivity index (χ4v) is 0.291. The minimum Gasteiger partial charge on any atom is -0.663 e. The summed E-state index contributed by atoms with van der Waals surface area (Å²) in [5.74, 6) is -0.976. The molecule has 0 aromatic rings. The molecule has 0 N–H and O–H groups in total. The Kier molecular flexibility index (Phi) is 9.34. The predicted molar refractivity (Wildman–Crippen MR) is 34.4 cm³/mol. The SMILES string of the molecule is [B]C(=O)[N-]CCC([CH2-])=O.[Y]. The summed E-state index contributed by atoms with van der Waals surface area (Å²) in [6, 6.07) is 0. The standard InChI is InChI=1S/C5H7BNO2.Y/c1-4(8)2-3-7-5(6)9;/h1-3H2,(H,7,9);/q-1;/p-1. The molecule has 0 fully saturated rings. The number of amides is 1. The van der Waals surface area contributed by atoms with Gasteiger partial charge in [-0.2, -0.15) is 0 Å². The maximum Gasteiger partial charge on any atom is 0.139 e. The van der Waals surface area contributed by atoms with Gasteiger partial charge < -0.3 is 21.8 Å². The number of nitrogens with zero attached hydrogens (tertiary/aromatic N) is 1. The Hall–Kier alpha value is 0.179. The molecule has 3 radical (unpaired) electrons. The van der Waals surface area contributed by atoms with E-state index in [0.29, 0.717) is 0 Å². The van der Waals surface area contributed by atoms with Gasteiger partial charge in [0.15, 0.2) is 0 Å². The maximum atomic E-state index is 10.1. The molecule has 0 atom stereocenters. The van der Waals surface area contributed by atoms with Gasteiger partial charge in [0.05, 0.1) is 0 Å². The van der Waals surface area contributed by atoms with Crippen LogP contribution in [-0.4, -0.2) is 26.0 Å². The molecule has 0 aliphatic rings. The summed E-state index contributed by atoms with van der Waals surface area (Å²) in [4.78, 5) is 20.0. The molecule has 5 heteroatoms.